The van der Waals surface area contributed by atoms with Crippen LogP contribution in [0.15, 0.2) is 0 Å². The van der Waals surface area contributed by atoms with Gasteiger partial charge in [0.25, 0.3) is 0 Å². The van der Waals surface area contributed by atoms with Gasteiger partial charge < -0.3 is 0 Å². The molecule has 0 saturated heterocycles. The highest BCUT2D eigenvalue weighted by Crippen LogP contribution is 2.36. The molecule has 0 amide bonds. The Labute approximate surface area is 151 Å². The smallest absolute Gasteiger partial charge is 0.0177 e. The minimum atomic E-state index is 0.686. The van der Waals surface area contributed by atoms with Gasteiger partial charge in [-0.2, -0.15) is 0 Å². The molecule has 22 heavy (non-hydrogen) atoms. The van der Waals surface area contributed by atoms with E-state index in [-0.39, 0.29) is 0 Å². The summed E-state index contributed by atoms with van der Waals surface area (Å²) >= 11 is 3.95. The molecule has 6 unspecified atom stereocenters. The number of hydrogen-bond donors (Lipinski definition) is 0. The third-order valence-electron chi connectivity index (χ3n) is 5.93. The number of halogens is 1. The van der Waals surface area contributed by atoms with Crippen molar-refractivity contribution >= 4 is 25.2 Å². The van der Waals surface area contributed by atoms with Crippen LogP contribution >= 0.6 is 25.2 Å². The molecule has 1 aliphatic carbocycles. The zero-order chi connectivity index (χ0) is 16.5. The fourth-order valence-corrected chi connectivity index (χ4v) is 5.02. The van der Waals surface area contributed by atoms with Gasteiger partial charge in [0.2, 0.25) is 0 Å². The molecule has 0 aliphatic heterocycles. The highest BCUT2D eigenvalue weighted by atomic mass is 79.9. The van der Waals surface area contributed by atoms with Crippen molar-refractivity contribution in [3.63, 3.8) is 0 Å². The van der Waals surface area contributed by atoms with Crippen LogP contribution in [-0.4, -0.2) is 11.0 Å². The summed E-state index contributed by atoms with van der Waals surface area (Å²) in [6.45, 7) is 9.68. The highest BCUT2D eigenvalue weighted by molar-refractivity contribution is 9.09. The molecule has 0 aromatic rings. The molecule has 1 rings (SSSR count). The maximum atomic E-state index is 3.95. The van der Waals surface area contributed by atoms with Crippen LogP contribution in [-0.2, 0) is 0 Å². The lowest BCUT2D eigenvalue weighted by Crippen LogP contribution is -2.22. The van der Waals surface area contributed by atoms with Gasteiger partial charge in [0.1, 0.15) is 0 Å². The van der Waals surface area contributed by atoms with E-state index in [0.29, 0.717) is 4.83 Å². The summed E-state index contributed by atoms with van der Waals surface area (Å²) in [5.41, 5.74) is 0. The van der Waals surface area contributed by atoms with Gasteiger partial charge in [-0.3, -0.25) is 0 Å². The van der Waals surface area contributed by atoms with Crippen molar-refractivity contribution in [2.75, 3.05) is 6.16 Å². The van der Waals surface area contributed by atoms with E-state index in [1.165, 1.54) is 63.9 Å². The highest BCUT2D eigenvalue weighted by Gasteiger charge is 2.24. The number of alkyl halides is 1. The van der Waals surface area contributed by atoms with E-state index >= 15 is 0 Å². The van der Waals surface area contributed by atoms with Crippen molar-refractivity contribution in [2.45, 2.75) is 90.3 Å². The van der Waals surface area contributed by atoms with Crippen molar-refractivity contribution in [1.29, 1.82) is 0 Å². The van der Waals surface area contributed by atoms with Gasteiger partial charge in [-0.15, -0.1) is 9.24 Å². The lowest BCUT2D eigenvalue weighted by Gasteiger charge is -2.29. The Balaban J connectivity index is 2.39. The van der Waals surface area contributed by atoms with Gasteiger partial charge in [0.05, 0.1) is 0 Å². The zero-order valence-electron chi connectivity index (χ0n) is 15.5. The molecular weight excluding hydrogens is 351 g/mol. The van der Waals surface area contributed by atoms with E-state index in [1.54, 1.807) is 0 Å². The summed E-state index contributed by atoms with van der Waals surface area (Å²) < 4.78 is 0. The van der Waals surface area contributed by atoms with E-state index in [2.05, 4.69) is 52.9 Å². The zero-order valence-corrected chi connectivity index (χ0v) is 18.2. The first-order chi connectivity index (χ1) is 10.5. The fourth-order valence-electron chi connectivity index (χ4n) is 3.49. The molecule has 1 aliphatic rings. The summed E-state index contributed by atoms with van der Waals surface area (Å²) in [7, 11) is 2.90. The molecule has 0 N–H and O–H groups in total. The van der Waals surface area contributed by atoms with Crippen LogP contribution in [0.25, 0.3) is 0 Å². The summed E-state index contributed by atoms with van der Waals surface area (Å²) in [4.78, 5) is 0.686. The quantitative estimate of drug-likeness (QED) is 0.175. The van der Waals surface area contributed by atoms with Crippen molar-refractivity contribution in [3.8, 4) is 0 Å². The third kappa shape index (κ3) is 8.68. The predicted octanol–water partition coefficient (Wildman–Crippen LogP) is 7.31. The standard InChI is InChI=1S/C20H40BrP/c1-5-15(2)12-19(9-7-6-8-18-10-11-18)16(3)13-20(21)17(4)14-22/h15-20H,5-14,22H2,1-4H3. The molecule has 0 nitrogen and oxygen atoms in total. The Morgan fingerprint density at radius 1 is 1.05 bits per heavy atom. The van der Waals surface area contributed by atoms with E-state index in [9.17, 15) is 0 Å². The molecule has 1 fully saturated rings. The molecule has 0 aromatic carbocycles. The van der Waals surface area contributed by atoms with Gasteiger partial charge in [-0.25, -0.2) is 0 Å². The molecule has 2 heteroatoms. The Bertz CT molecular complexity index is 277. The van der Waals surface area contributed by atoms with Crippen LogP contribution in [0.4, 0.5) is 0 Å². The van der Waals surface area contributed by atoms with E-state index in [4.69, 9.17) is 0 Å². The summed E-state index contributed by atoms with van der Waals surface area (Å²) in [5, 5.41) is 0. The number of unbranched alkanes of at least 4 members (excludes halogenated alkanes) is 1. The molecule has 0 aromatic heterocycles. The maximum Gasteiger partial charge on any atom is 0.0177 e. The average Bonchev–Trinajstić information content (AvgIpc) is 3.32. The van der Waals surface area contributed by atoms with Crippen LogP contribution in [0.3, 0.4) is 0 Å². The predicted molar refractivity (Wildman–Crippen MR) is 109 cm³/mol. The molecular formula is C20H40BrP. The Morgan fingerprint density at radius 3 is 2.27 bits per heavy atom. The third-order valence-corrected chi connectivity index (χ3v) is 7.95. The van der Waals surface area contributed by atoms with Crippen LogP contribution in [0.2, 0.25) is 0 Å². The minimum Gasteiger partial charge on any atom is -0.137 e. The Hall–Kier alpha value is 0.910. The first kappa shape index (κ1) is 21.0. The van der Waals surface area contributed by atoms with Gasteiger partial charge in [-0.05, 0) is 48.6 Å². The van der Waals surface area contributed by atoms with Gasteiger partial charge in [0.15, 0.2) is 0 Å². The van der Waals surface area contributed by atoms with Gasteiger partial charge in [-0.1, -0.05) is 88.6 Å². The maximum absolute atomic E-state index is 3.95. The summed E-state index contributed by atoms with van der Waals surface area (Å²) in [6.07, 6.45) is 14.3. The van der Waals surface area contributed by atoms with Crippen LogP contribution in [0.5, 0.6) is 0 Å². The SMILES string of the molecule is CCC(C)CC(CCCCC1CC1)C(C)CC(Br)C(C)CP. The van der Waals surface area contributed by atoms with Crippen LogP contribution in [0.1, 0.15) is 85.5 Å². The van der Waals surface area contributed by atoms with E-state index < -0.39 is 0 Å². The summed E-state index contributed by atoms with van der Waals surface area (Å²) in [6, 6.07) is 0. The van der Waals surface area contributed by atoms with Crippen molar-refractivity contribution < 1.29 is 0 Å². The topological polar surface area (TPSA) is 0 Å². The molecule has 1 saturated carbocycles. The average molecular weight is 391 g/mol. The second-order valence-corrected chi connectivity index (χ2v) is 9.83. The molecule has 6 atom stereocenters. The minimum absolute atomic E-state index is 0.686. The second kappa shape index (κ2) is 11.5. The Kier molecular flexibility index (Phi) is 10.9. The summed E-state index contributed by atoms with van der Waals surface area (Å²) in [5.74, 6) is 4.57. The number of hydrogen-bond acceptors (Lipinski definition) is 0. The Morgan fingerprint density at radius 2 is 1.73 bits per heavy atom. The van der Waals surface area contributed by atoms with Crippen molar-refractivity contribution in [3.05, 3.63) is 0 Å². The van der Waals surface area contributed by atoms with Crippen LogP contribution < -0.4 is 0 Å². The normalized spacial score (nSPS) is 22.1. The lowest BCUT2D eigenvalue weighted by molar-refractivity contribution is 0.246. The molecule has 132 valence electrons. The molecule has 0 bridgehead atoms. The van der Waals surface area contributed by atoms with E-state index in [0.717, 1.165) is 29.6 Å². The van der Waals surface area contributed by atoms with Gasteiger partial charge >= 0.3 is 0 Å². The van der Waals surface area contributed by atoms with Crippen molar-refractivity contribution in [1.82, 2.24) is 0 Å². The number of rotatable bonds is 13. The molecule has 0 spiro atoms. The molecule has 0 heterocycles. The monoisotopic (exact) mass is 390 g/mol. The van der Waals surface area contributed by atoms with Crippen LogP contribution in [0, 0.1) is 29.6 Å². The van der Waals surface area contributed by atoms with Crippen molar-refractivity contribution in [2.24, 2.45) is 29.6 Å². The fraction of sp³-hybridized carbons (Fsp3) is 1.00. The largest absolute Gasteiger partial charge is 0.137 e. The molecule has 0 radical (unpaired) electrons. The lowest BCUT2D eigenvalue weighted by atomic mass is 9.79. The second-order valence-electron chi connectivity index (χ2n) is 8.18. The first-order valence-electron chi connectivity index (χ1n) is 9.81. The van der Waals surface area contributed by atoms with Gasteiger partial charge in [0, 0.05) is 4.83 Å². The first-order valence-corrected chi connectivity index (χ1v) is 11.5. The van der Waals surface area contributed by atoms with E-state index in [1.807, 2.05) is 0 Å².